The van der Waals surface area contributed by atoms with Crippen molar-refractivity contribution in [1.82, 2.24) is 15.1 Å². The first kappa shape index (κ1) is 18.5. The van der Waals surface area contributed by atoms with E-state index < -0.39 is 0 Å². The topological polar surface area (TPSA) is 64.0 Å². The maximum Gasteiger partial charge on any atom is 0.266 e. The second-order valence-electron chi connectivity index (χ2n) is 6.15. The van der Waals surface area contributed by atoms with Crippen molar-refractivity contribution in [1.29, 1.82) is 0 Å². The predicted octanol–water partition coefficient (Wildman–Crippen LogP) is 3.15. The van der Waals surface area contributed by atoms with Crippen LogP contribution in [0, 0.1) is 5.82 Å². The van der Waals surface area contributed by atoms with Crippen LogP contribution in [0.4, 0.5) is 4.39 Å². The molecule has 0 unspecified atom stereocenters. The van der Waals surface area contributed by atoms with E-state index in [9.17, 15) is 14.0 Å². The summed E-state index contributed by atoms with van der Waals surface area (Å²) in [7, 11) is 0. The second-order valence-corrected chi connectivity index (χ2v) is 6.15. The molecule has 0 radical (unpaired) electrons. The Balaban J connectivity index is 1.54. The van der Waals surface area contributed by atoms with Crippen LogP contribution in [0.3, 0.4) is 0 Å². The normalized spacial score (nSPS) is 10.6. The molecule has 0 fully saturated rings. The van der Waals surface area contributed by atoms with Gasteiger partial charge in [0.2, 0.25) is 5.91 Å². The summed E-state index contributed by atoms with van der Waals surface area (Å²) in [5.74, 6) is -0.393. The largest absolute Gasteiger partial charge is 0.352 e. The SMILES string of the molecule is O=C(CCCn1nc(-c2ccc(F)cc2)ccc1=O)NCc1ccccc1. The summed E-state index contributed by atoms with van der Waals surface area (Å²) in [5.41, 5.74) is 2.12. The highest BCUT2D eigenvalue weighted by Crippen LogP contribution is 2.15. The van der Waals surface area contributed by atoms with Crippen molar-refractivity contribution in [2.75, 3.05) is 0 Å². The van der Waals surface area contributed by atoms with E-state index in [0.717, 1.165) is 11.1 Å². The third-order valence-corrected chi connectivity index (χ3v) is 4.11. The fourth-order valence-corrected chi connectivity index (χ4v) is 2.66. The first-order chi connectivity index (χ1) is 13.1. The Morgan fingerprint density at radius 1 is 1.00 bits per heavy atom. The molecule has 1 heterocycles. The third-order valence-electron chi connectivity index (χ3n) is 4.11. The van der Waals surface area contributed by atoms with Gasteiger partial charge in [-0.15, -0.1) is 0 Å². The highest BCUT2D eigenvalue weighted by Gasteiger charge is 2.06. The van der Waals surface area contributed by atoms with Gasteiger partial charge in [-0.2, -0.15) is 5.10 Å². The number of nitrogens with one attached hydrogen (secondary N) is 1. The van der Waals surface area contributed by atoms with Gasteiger partial charge in [0.1, 0.15) is 5.82 Å². The van der Waals surface area contributed by atoms with Gasteiger partial charge in [0.05, 0.1) is 5.69 Å². The van der Waals surface area contributed by atoms with Crippen LogP contribution in [0.1, 0.15) is 18.4 Å². The molecular formula is C21H20FN3O2. The molecule has 1 amide bonds. The van der Waals surface area contributed by atoms with Gasteiger partial charge >= 0.3 is 0 Å². The van der Waals surface area contributed by atoms with Crippen molar-refractivity contribution >= 4 is 5.91 Å². The highest BCUT2D eigenvalue weighted by atomic mass is 19.1. The van der Waals surface area contributed by atoms with Gasteiger partial charge in [0.15, 0.2) is 0 Å². The Hall–Kier alpha value is -3.28. The Kier molecular flexibility index (Phi) is 6.10. The van der Waals surface area contributed by atoms with Crippen LogP contribution in [0.5, 0.6) is 0 Å². The molecule has 0 spiro atoms. The molecule has 6 heteroatoms. The van der Waals surface area contributed by atoms with Gasteiger partial charge in [0.25, 0.3) is 5.56 Å². The number of carbonyl (C=O) groups excluding carboxylic acids is 1. The number of rotatable bonds is 7. The van der Waals surface area contributed by atoms with Crippen molar-refractivity contribution in [2.24, 2.45) is 0 Å². The number of aryl methyl sites for hydroxylation is 1. The van der Waals surface area contributed by atoms with Crippen LogP contribution in [0.2, 0.25) is 0 Å². The molecule has 0 saturated carbocycles. The van der Waals surface area contributed by atoms with E-state index in [-0.39, 0.29) is 17.3 Å². The van der Waals surface area contributed by atoms with Crippen LogP contribution in [-0.2, 0) is 17.9 Å². The molecular weight excluding hydrogens is 345 g/mol. The highest BCUT2D eigenvalue weighted by molar-refractivity contribution is 5.75. The first-order valence-corrected chi connectivity index (χ1v) is 8.76. The average molecular weight is 365 g/mol. The van der Waals surface area contributed by atoms with Gasteiger partial charge < -0.3 is 5.32 Å². The Bertz CT molecular complexity index is 953. The quantitative estimate of drug-likeness (QED) is 0.700. The molecule has 1 aromatic heterocycles. The minimum atomic E-state index is -0.325. The number of halogens is 1. The number of nitrogens with zero attached hydrogens (tertiary/aromatic N) is 2. The van der Waals surface area contributed by atoms with E-state index in [2.05, 4.69) is 10.4 Å². The monoisotopic (exact) mass is 365 g/mol. The standard InChI is InChI=1S/C21H20FN3O2/c22-18-10-8-17(9-11-18)19-12-13-21(27)25(24-19)14-4-7-20(26)23-15-16-5-2-1-3-6-16/h1-3,5-6,8-13H,4,7,14-15H2,(H,23,26). The van der Waals surface area contributed by atoms with E-state index in [1.54, 1.807) is 18.2 Å². The number of aromatic nitrogens is 2. The van der Waals surface area contributed by atoms with Crippen molar-refractivity contribution in [3.8, 4) is 11.3 Å². The van der Waals surface area contributed by atoms with Crippen LogP contribution in [0.25, 0.3) is 11.3 Å². The number of carbonyl (C=O) groups is 1. The zero-order valence-electron chi connectivity index (χ0n) is 14.8. The molecule has 0 aliphatic rings. The summed E-state index contributed by atoms with van der Waals surface area (Å²) in [6.07, 6.45) is 0.808. The van der Waals surface area contributed by atoms with Gasteiger partial charge in [-0.25, -0.2) is 9.07 Å². The minimum absolute atomic E-state index is 0.0680. The maximum absolute atomic E-state index is 13.0. The lowest BCUT2D eigenvalue weighted by Gasteiger charge is -2.08. The summed E-state index contributed by atoms with van der Waals surface area (Å²) < 4.78 is 14.4. The molecule has 0 saturated heterocycles. The van der Waals surface area contributed by atoms with E-state index in [1.165, 1.54) is 22.9 Å². The Morgan fingerprint density at radius 3 is 2.48 bits per heavy atom. The number of amides is 1. The molecule has 3 rings (SSSR count). The van der Waals surface area contributed by atoms with Gasteiger partial charge in [-0.1, -0.05) is 30.3 Å². The maximum atomic E-state index is 13.0. The molecule has 2 aromatic carbocycles. The molecule has 27 heavy (non-hydrogen) atoms. The summed E-state index contributed by atoms with van der Waals surface area (Å²) in [5, 5.41) is 7.17. The number of hydrogen-bond acceptors (Lipinski definition) is 3. The zero-order valence-corrected chi connectivity index (χ0v) is 14.8. The van der Waals surface area contributed by atoms with Crippen LogP contribution >= 0.6 is 0 Å². The summed E-state index contributed by atoms with van der Waals surface area (Å²) in [4.78, 5) is 23.9. The third kappa shape index (κ3) is 5.34. The molecule has 3 aromatic rings. The Morgan fingerprint density at radius 2 is 1.74 bits per heavy atom. The van der Waals surface area contributed by atoms with Crippen LogP contribution in [-0.4, -0.2) is 15.7 Å². The lowest BCUT2D eigenvalue weighted by Crippen LogP contribution is -2.25. The van der Waals surface area contributed by atoms with Crippen molar-refractivity contribution in [3.05, 3.63) is 88.5 Å². The molecule has 0 aliphatic carbocycles. The zero-order chi connectivity index (χ0) is 19.1. The van der Waals surface area contributed by atoms with Gasteiger partial charge in [-0.05, 0) is 42.3 Å². The molecule has 138 valence electrons. The summed E-state index contributed by atoms with van der Waals surface area (Å²) in [6, 6.07) is 18.6. The van der Waals surface area contributed by atoms with Crippen LogP contribution in [0.15, 0.2) is 71.5 Å². The molecule has 1 N–H and O–H groups in total. The fraction of sp³-hybridized carbons (Fsp3) is 0.190. The van der Waals surface area contributed by atoms with E-state index >= 15 is 0 Å². The van der Waals surface area contributed by atoms with Crippen LogP contribution < -0.4 is 10.9 Å². The van der Waals surface area contributed by atoms with Crippen molar-refractivity contribution in [2.45, 2.75) is 25.9 Å². The lowest BCUT2D eigenvalue weighted by atomic mass is 10.1. The fourth-order valence-electron chi connectivity index (χ4n) is 2.66. The second kappa shape index (κ2) is 8.89. The van der Waals surface area contributed by atoms with Crippen molar-refractivity contribution < 1.29 is 9.18 Å². The van der Waals surface area contributed by atoms with E-state index in [4.69, 9.17) is 0 Å². The summed E-state index contributed by atoms with van der Waals surface area (Å²) in [6.45, 7) is 0.824. The summed E-state index contributed by atoms with van der Waals surface area (Å²) >= 11 is 0. The molecule has 0 atom stereocenters. The average Bonchev–Trinajstić information content (AvgIpc) is 2.69. The number of benzene rings is 2. The molecule has 0 bridgehead atoms. The first-order valence-electron chi connectivity index (χ1n) is 8.76. The predicted molar refractivity (Wildman–Crippen MR) is 101 cm³/mol. The van der Waals surface area contributed by atoms with E-state index in [1.807, 2.05) is 30.3 Å². The van der Waals surface area contributed by atoms with Crippen molar-refractivity contribution in [3.63, 3.8) is 0 Å². The van der Waals surface area contributed by atoms with E-state index in [0.29, 0.717) is 31.6 Å². The van der Waals surface area contributed by atoms with Gasteiger partial charge in [0, 0.05) is 31.1 Å². The minimum Gasteiger partial charge on any atom is -0.352 e. The molecule has 0 aliphatic heterocycles. The number of hydrogen-bond donors (Lipinski definition) is 1. The Labute approximate surface area is 156 Å². The smallest absolute Gasteiger partial charge is 0.266 e. The lowest BCUT2D eigenvalue weighted by molar-refractivity contribution is -0.121. The molecule has 5 nitrogen and oxygen atoms in total. The van der Waals surface area contributed by atoms with Gasteiger partial charge in [-0.3, -0.25) is 9.59 Å².